The number of nitrogen functional groups attached to an aromatic ring is 1. The summed E-state index contributed by atoms with van der Waals surface area (Å²) < 4.78 is 4.94. The third-order valence-electron chi connectivity index (χ3n) is 2.56. The predicted molar refractivity (Wildman–Crippen MR) is 69.1 cm³/mol. The average Bonchev–Trinajstić information content (AvgIpc) is 2.34. The Morgan fingerprint density at radius 1 is 1.41 bits per heavy atom. The average molecular weight is 236 g/mol. The molecular weight excluding hydrogens is 216 g/mol. The molecule has 1 aromatic carbocycles. The number of benzene rings is 1. The summed E-state index contributed by atoms with van der Waals surface area (Å²) in [7, 11) is 1.67. The van der Waals surface area contributed by atoms with Crippen molar-refractivity contribution in [3.8, 4) is 0 Å². The van der Waals surface area contributed by atoms with E-state index < -0.39 is 0 Å². The van der Waals surface area contributed by atoms with E-state index in [1.54, 1.807) is 31.4 Å². The van der Waals surface area contributed by atoms with Crippen LogP contribution in [0.25, 0.3) is 0 Å². The lowest BCUT2D eigenvalue weighted by atomic mass is 10.1. The molecule has 1 rings (SSSR count). The molecule has 1 atom stereocenters. The Labute approximate surface area is 102 Å². The van der Waals surface area contributed by atoms with E-state index in [0.717, 1.165) is 13.0 Å². The van der Waals surface area contributed by atoms with Gasteiger partial charge in [0.15, 0.2) is 5.78 Å². The molecule has 0 radical (unpaired) electrons. The maximum Gasteiger partial charge on any atom is 0.179 e. The van der Waals surface area contributed by atoms with Gasteiger partial charge in [-0.3, -0.25) is 4.79 Å². The van der Waals surface area contributed by atoms with Crippen LogP contribution in [0.4, 0.5) is 5.69 Å². The molecular formula is C13H20N2O2. The van der Waals surface area contributed by atoms with E-state index in [1.165, 1.54) is 0 Å². The Kier molecular flexibility index (Phi) is 5.66. The lowest BCUT2D eigenvalue weighted by Gasteiger charge is -2.12. The zero-order chi connectivity index (χ0) is 12.7. The third kappa shape index (κ3) is 4.54. The van der Waals surface area contributed by atoms with E-state index in [0.29, 0.717) is 17.9 Å². The molecule has 0 saturated heterocycles. The summed E-state index contributed by atoms with van der Waals surface area (Å²) in [6.07, 6.45) is 0.899. The van der Waals surface area contributed by atoms with Crippen LogP contribution < -0.4 is 11.1 Å². The number of rotatable bonds is 7. The number of ketones is 1. The minimum atomic E-state index is -0.185. The molecule has 94 valence electrons. The summed E-state index contributed by atoms with van der Waals surface area (Å²) >= 11 is 0. The van der Waals surface area contributed by atoms with Crippen molar-refractivity contribution >= 4 is 11.5 Å². The molecule has 0 aliphatic heterocycles. The zero-order valence-electron chi connectivity index (χ0n) is 10.4. The highest BCUT2D eigenvalue weighted by Crippen LogP contribution is 2.08. The molecule has 4 nitrogen and oxygen atoms in total. The minimum Gasteiger partial charge on any atom is -0.399 e. The van der Waals surface area contributed by atoms with Crippen LogP contribution in [-0.4, -0.2) is 32.1 Å². The quantitative estimate of drug-likeness (QED) is 0.427. The molecule has 0 aromatic heterocycles. The summed E-state index contributed by atoms with van der Waals surface area (Å²) in [5, 5.41) is 3.17. The number of hydrogen-bond donors (Lipinski definition) is 2. The second-order valence-corrected chi connectivity index (χ2v) is 4.01. The first-order valence-electron chi connectivity index (χ1n) is 5.77. The van der Waals surface area contributed by atoms with E-state index >= 15 is 0 Å². The summed E-state index contributed by atoms with van der Waals surface area (Å²) in [5.41, 5.74) is 6.93. The Morgan fingerprint density at radius 3 is 2.65 bits per heavy atom. The monoisotopic (exact) mass is 236 g/mol. The van der Waals surface area contributed by atoms with Crippen molar-refractivity contribution in [2.75, 3.05) is 26.0 Å². The van der Waals surface area contributed by atoms with Gasteiger partial charge in [-0.15, -0.1) is 0 Å². The van der Waals surface area contributed by atoms with Crippen molar-refractivity contribution in [3.63, 3.8) is 0 Å². The fourth-order valence-corrected chi connectivity index (χ4v) is 1.53. The number of Topliss-reactive ketones (excluding diaryl/α,β-unsaturated/α-hetero) is 1. The maximum atomic E-state index is 12.0. The van der Waals surface area contributed by atoms with Gasteiger partial charge in [0.25, 0.3) is 0 Å². The number of methoxy groups -OCH3 is 1. The number of nitrogens with two attached hydrogens (primary N) is 1. The van der Waals surface area contributed by atoms with Gasteiger partial charge in [0.1, 0.15) is 0 Å². The molecule has 0 amide bonds. The first-order valence-corrected chi connectivity index (χ1v) is 5.77. The van der Waals surface area contributed by atoms with Crippen LogP contribution in [0.15, 0.2) is 24.3 Å². The first kappa shape index (κ1) is 13.7. The number of nitrogens with one attached hydrogen (secondary N) is 1. The molecule has 17 heavy (non-hydrogen) atoms. The predicted octanol–water partition coefficient (Wildman–Crippen LogP) is 1.47. The largest absolute Gasteiger partial charge is 0.399 e. The fourth-order valence-electron chi connectivity index (χ4n) is 1.53. The Balaban J connectivity index is 2.43. The van der Waals surface area contributed by atoms with Crippen LogP contribution >= 0.6 is 0 Å². The van der Waals surface area contributed by atoms with Gasteiger partial charge < -0.3 is 15.8 Å². The van der Waals surface area contributed by atoms with Crippen LogP contribution in [0.3, 0.4) is 0 Å². The second-order valence-electron chi connectivity index (χ2n) is 4.01. The number of carbonyl (C=O) groups excluding carboxylic acids is 1. The van der Waals surface area contributed by atoms with E-state index in [9.17, 15) is 4.79 Å². The lowest BCUT2D eigenvalue weighted by molar-refractivity contribution is 0.0949. The zero-order valence-corrected chi connectivity index (χ0v) is 10.4. The Bertz CT molecular complexity index is 349. The van der Waals surface area contributed by atoms with Crippen LogP contribution in [0.5, 0.6) is 0 Å². The molecule has 0 aliphatic rings. The summed E-state index contributed by atoms with van der Waals surface area (Å²) in [5.74, 6) is 0.0856. The number of hydrogen-bond acceptors (Lipinski definition) is 4. The number of carbonyl (C=O) groups is 1. The summed E-state index contributed by atoms with van der Waals surface area (Å²) in [4.78, 5) is 12.0. The molecule has 1 unspecified atom stereocenters. The van der Waals surface area contributed by atoms with Crippen molar-refractivity contribution in [1.82, 2.24) is 5.32 Å². The standard InChI is InChI=1S/C13H20N2O2/c1-10(15-8-3-9-17-2)13(16)11-4-6-12(14)7-5-11/h4-7,10,15H,3,8-9,14H2,1-2H3. The van der Waals surface area contributed by atoms with Crippen LogP contribution in [-0.2, 0) is 4.74 Å². The Hall–Kier alpha value is -1.39. The molecule has 4 heteroatoms. The molecule has 1 aromatic rings. The van der Waals surface area contributed by atoms with Gasteiger partial charge >= 0.3 is 0 Å². The van der Waals surface area contributed by atoms with Crippen molar-refractivity contribution < 1.29 is 9.53 Å². The lowest BCUT2D eigenvalue weighted by Crippen LogP contribution is -2.35. The van der Waals surface area contributed by atoms with Gasteiger partial charge in [0.2, 0.25) is 0 Å². The fraction of sp³-hybridized carbons (Fsp3) is 0.462. The molecule has 3 N–H and O–H groups in total. The van der Waals surface area contributed by atoms with Gasteiger partial charge in [-0.1, -0.05) is 0 Å². The van der Waals surface area contributed by atoms with Crippen LogP contribution in [0.1, 0.15) is 23.7 Å². The van der Waals surface area contributed by atoms with E-state index in [2.05, 4.69) is 5.32 Å². The molecule has 0 spiro atoms. The van der Waals surface area contributed by atoms with Gasteiger partial charge in [-0.2, -0.15) is 0 Å². The van der Waals surface area contributed by atoms with Crippen molar-refractivity contribution in [2.24, 2.45) is 0 Å². The minimum absolute atomic E-state index is 0.0856. The van der Waals surface area contributed by atoms with Crippen LogP contribution in [0.2, 0.25) is 0 Å². The molecule has 0 bridgehead atoms. The van der Waals surface area contributed by atoms with Crippen molar-refractivity contribution in [1.29, 1.82) is 0 Å². The molecule has 0 aliphatic carbocycles. The van der Waals surface area contributed by atoms with E-state index in [-0.39, 0.29) is 11.8 Å². The summed E-state index contributed by atoms with van der Waals surface area (Å²) in [6.45, 7) is 3.34. The highest BCUT2D eigenvalue weighted by Gasteiger charge is 2.13. The normalized spacial score (nSPS) is 12.4. The van der Waals surface area contributed by atoms with Gasteiger partial charge in [-0.05, 0) is 44.2 Å². The highest BCUT2D eigenvalue weighted by molar-refractivity contribution is 6.00. The topological polar surface area (TPSA) is 64.3 Å². The van der Waals surface area contributed by atoms with Gasteiger partial charge in [-0.25, -0.2) is 0 Å². The summed E-state index contributed by atoms with van der Waals surface area (Å²) in [6, 6.07) is 6.81. The SMILES string of the molecule is COCCCNC(C)C(=O)c1ccc(N)cc1. The maximum absolute atomic E-state index is 12.0. The van der Waals surface area contributed by atoms with Crippen LogP contribution in [0, 0.1) is 0 Å². The van der Waals surface area contributed by atoms with Crippen molar-refractivity contribution in [2.45, 2.75) is 19.4 Å². The van der Waals surface area contributed by atoms with Gasteiger partial charge in [0.05, 0.1) is 6.04 Å². The Morgan fingerprint density at radius 2 is 2.06 bits per heavy atom. The van der Waals surface area contributed by atoms with E-state index in [1.807, 2.05) is 6.92 Å². The van der Waals surface area contributed by atoms with Crippen molar-refractivity contribution in [3.05, 3.63) is 29.8 Å². The molecule has 0 heterocycles. The first-order chi connectivity index (χ1) is 8.15. The smallest absolute Gasteiger partial charge is 0.179 e. The van der Waals surface area contributed by atoms with Gasteiger partial charge in [0, 0.05) is 25.0 Å². The third-order valence-corrected chi connectivity index (χ3v) is 2.56. The highest BCUT2D eigenvalue weighted by atomic mass is 16.5. The number of ether oxygens (including phenoxy) is 1. The number of anilines is 1. The molecule has 0 fully saturated rings. The second kappa shape index (κ2) is 7.04. The molecule has 0 saturated carbocycles. The van der Waals surface area contributed by atoms with E-state index in [4.69, 9.17) is 10.5 Å².